The maximum Gasteiger partial charge on any atom is 0.418 e. The third-order valence-corrected chi connectivity index (χ3v) is 4.51. The summed E-state index contributed by atoms with van der Waals surface area (Å²) in [5.74, 6) is -1.24. The summed E-state index contributed by atoms with van der Waals surface area (Å²) in [4.78, 5) is 36.6. The van der Waals surface area contributed by atoms with Gasteiger partial charge in [-0.2, -0.15) is 13.2 Å². The number of non-ortho nitro benzene ring substituents is 1. The Balaban J connectivity index is 2.05. The van der Waals surface area contributed by atoms with Crippen molar-refractivity contribution in [3.05, 3.63) is 64.2 Å². The lowest BCUT2D eigenvalue weighted by Gasteiger charge is -2.26. The van der Waals surface area contributed by atoms with Crippen LogP contribution in [0, 0.1) is 10.1 Å². The number of hydrogen-bond acceptors (Lipinski definition) is 5. The van der Waals surface area contributed by atoms with Crippen LogP contribution in [0.5, 0.6) is 0 Å². The molecule has 2 aromatic rings. The van der Waals surface area contributed by atoms with E-state index >= 15 is 0 Å². The Bertz CT molecular complexity index is 965. The molecule has 0 saturated heterocycles. The second-order valence-corrected chi connectivity index (χ2v) is 6.63. The zero-order valence-electron chi connectivity index (χ0n) is 16.8. The number of nitrogens with one attached hydrogen (secondary N) is 2. The van der Waals surface area contributed by atoms with Gasteiger partial charge in [-0.1, -0.05) is 25.1 Å². The van der Waals surface area contributed by atoms with Crippen LogP contribution in [-0.2, 0) is 15.8 Å². The number of amides is 2. The first-order chi connectivity index (χ1) is 14.5. The van der Waals surface area contributed by atoms with Gasteiger partial charge in [0, 0.05) is 17.8 Å². The van der Waals surface area contributed by atoms with Gasteiger partial charge in [0.05, 0.1) is 28.8 Å². The molecule has 0 aliphatic heterocycles. The van der Waals surface area contributed by atoms with Crippen molar-refractivity contribution in [2.45, 2.75) is 26.1 Å². The molecule has 0 bridgehead atoms. The average molecular weight is 438 g/mol. The Morgan fingerprint density at radius 1 is 1.13 bits per heavy atom. The number of carbonyl (C=O) groups excluding carboxylic acids is 2. The van der Waals surface area contributed by atoms with E-state index in [0.29, 0.717) is 0 Å². The zero-order valence-corrected chi connectivity index (χ0v) is 16.8. The molecular formula is C20H21F3N4O4. The smallest absolute Gasteiger partial charge is 0.324 e. The van der Waals surface area contributed by atoms with Crippen LogP contribution in [0.15, 0.2) is 48.5 Å². The van der Waals surface area contributed by atoms with Gasteiger partial charge in [0.2, 0.25) is 11.8 Å². The Kier molecular flexibility index (Phi) is 7.70. The Morgan fingerprint density at radius 3 is 2.42 bits per heavy atom. The number of alkyl halides is 3. The fraction of sp³-hybridized carbons (Fsp3) is 0.300. The van der Waals surface area contributed by atoms with Gasteiger partial charge in [-0.05, 0) is 31.7 Å². The van der Waals surface area contributed by atoms with Gasteiger partial charge >= 0.3 is 6.18 Å². The molecule has 0 saturated carbocycles. The van der Waals surface area contributed by atoms with Crippen molar-refractivity contribution >= 4 is 28.9 Å². The zero-order chi connectivity index (χ0) is 23.2. The molecule has 31 heavy (non-hydrogen) atoms. The number of benzene rings is 2. The van der Waals surface area contributed by atoms with Crippen LogP contribution in [0.2, 0.25) is 0 Å². The molecule has 1 unspecified atom stereocenters. The molecule has 2 N–H and O–H groups in total. The fourth-order valence-electron chi connectivity index (χ4n) is 2.85. The minimum absolute atomic E-state index is 0.194. The molecule has 0 heterocycles. The second-order valence-electron chi connectivity index (χ2n) is 6.63. The van der Waals surface area contributed by atoms with Crippen LogP contribution < -0.4 is 10.6 Å². The van der Waals surface area contributed by atoms with Crippen molar-refractivity contribution in [2.75, 3.05) is 23.7 Å². The van der Waals surface area contributed by atoms with E-state index in [9.17, 15) is 32.9 Å². The third-order valence-electron chi connectivity index (χ3n) is 4.51. The van der Waals surface area contributed by atoms with Crippen molar-refractivity contribution in [3.63, 3.8) is 0 Å². The monoisotopic (exact) mass is 438 g/mol. The second kappa shape index (κ2) is 10.0. The highest BCUT2D eigenvalue weighted by atomic mass is 19.4. The van der Waals surface area contributed by atoms with E-state index in [4.69, 9.17) is 0 Å². The molecule has 11 heteroatoms. The fourth-order valence-corrected chi connectivity index (χ4v) is 2.85. The van der Waals surface area contributed by atoms with Crippen LogP contribution in [0.4, 0.5) is 30.2 Å². The number of nitro benzene ring substituents is 1. The first-order valence-corrected chi connectivity index (χ1v) is 9.28. The number of halogens is 3. The summed E-state index contributed by atoms with van der Waals surface area (Å²) in [6.45, 7) is 3.14. The number of nitro groups is 1. The highest BCUT2D eigenvalue weighted by Crippen LogP contribution is 2.34. The van der Waals surface area contributed by atoms with E-state index in [1.54, 1.807) is 6.92 Å². The van der Waals surface area contributed by atoms with Gasteiger partial charge in [-0.15, -0.1) is 0 Å². The molecule has 0 aromatic heterocycles. The van der Waals surface area contributed by atoms with Crippen molar-refractivity contribution in [1.29, 1.82) is 0 Å². The number of hydrogen-bond donors (Lipinski definition) is 2. The van der Waals surface area contributed by atoms with Crippen LogP contribution in [-0.4, -0.2) is 40.8 Å². The Morgan fingerprint density at radius 2 is 1.81 bits per heavy atom. The summed E-state index contributed by atoms with van der Waals surface area (Å²) in [6.07, 6.45) is -4.63. The molecule has 2 aromatic carbocycles. The van der Waals surface area contributed by atoms with Crippen molar-refractivity contribution in [2.24, 2.45) is 0 Å². The van der Waals surface area contributed by atoms with Gasteiger partial charge in [0.15, 0.2) is 0 Å². The molecule has 0 spiro atoms. The summed E-state index contributed by atoms with van der Waals surface area (Å²) in [6, 6.07) is 9.15. The number of nitrogens with zero attached hydrogens (tertiary/aromatic N) is 2. The number of rotatable bonds is 8. The van der Waals surface area contributed by atoms with Crippen LogP contribution >= 0.6 is 0 Å². The molecule has 8 nitrogen and oxygen atoms in total. The van der Waals surface area contributed by atoms with Crippen LogP contribution in [0.1, 0.15) is 19.4 Å². The lowest BCUT2D eigenvalue weighted by atomic mass is 10.1. The minimum Gasteiger partial charge on any atom is -0.324 e. The summed E-state index contributed by atoms with van der Waals surface area (Å²) < 4.78 is 39.3. The maximum atomic E-state index is 13.1. The normalized spacial score (nSPS) is 12.3. The third kappa shape index (κ3) is 6.51. The summed E-state index contributed by atoms with van der Waals surface area (Å²) in [5, 5.41) is 15.6. The SMILES string of the molecule is CCN(CC(=O)Nc1ccccc1C(F)(F)F)C(C)C(=O)Nc1cccc([N+](=O)[O-])c1. The predicted molar refractivity (Wildman–Crippen MR) is 109 cm³/mol. The van der Waals surface area contributed by atoms with Gasteiger partial charge in [-0.3, -0.25) is 24.6 Å². The molecule has 1 atom stereocenters. The van der Waals surface area contributed by atoms with E-state index in [0.717, 1.165) is 12.1 Å². The van der Waals surface area contributed by atoms with E-state index < -0.39 is 34.5 Å². The van der Waals surface area contributed by atoms with Crippen molar-refractivity contribution in [3.8, 4) is 0 Å². The number of para-hydroxylation sites is 1. The minimum atomic E-state index is -4.63. The Hall–Kier alpha value is -3.47. The highest BCUT2D eigenvalue weighted by molar-refractivity contribution is 5.96. The molecule has 2 amide bonds. The van der Waals surface area contributed by atoms with Crippen LogP contribution in [0.25, 0.3) is 0 Å². The predicted octanol–water partition coefficient (Wildman–Crippen LogP) is 3.90. The van der Waals surface area contributed by atoms with Gasteiger partial charge in [0.25, 0.3) is 5.69 Å². The molecule has 0 radical (unpaired) electrons. The van der Waals surface area contributed by atoms with E-state index in [1.807, 2.05) is 0 Å². The number of likely N-dealkylation sites (N-methyl/N-ethyl adjacent to an activating group) is 1. The molecule has 0 fully saturated rings. The molecule has 2 rings (SSSR count). The van der Waals surface area contributed by atoms with Gasteiger partial charge in [-0.25, -0.2) is 0 Å². The van der Waals surface area contributed by atoms with Crippen LogP contribution in [0.3, 0.4) is 0 Å². The Labute approximate surface area is 176 Å². The van der Waals surface area contributed by atoms with Gasteiger partial charge < -0.3 is 10.6 Å². The highest BCUT2D eigenvalue weighted by Gasteiger charge is 2.33. The van der Waals surface area contributed by atoms with Crippen molar-refractivity contribution in [1.82, 2.24) is 4.90 Å². The first kappa shape index (κ1) is 23.8. The summed E-state index contributed by atoms with van der Waals surface area (Å²) >= 11 is 0. The first-order valence-electron chi connectivity index (χ1n) is 9.28. The number of carbonyl (C=O) groups is 2. The van der Waals surface area contributed by atoms with E-state index in [2.05, 4.69) is 10.6 Å². The maximum absolute atomic E-state index is 13.1. The van der Waals surface area contributed by atoms with Gasteiger partial charge in [0.1, 0.15) is 0 Å². The average Bonchev–Trinajstić information content (AvgIpc) is 2.71. The van der Waals surface area contributed by atoms with E-state index in [-0.39, 0.29) is 30.2 Å². The topological polar surface area (TPSA) is 105 Å². The van der Waals surface area contributed by atoms with Crippen molar-refractivity contribution < 1.29 is 27.7 Å². The lowest BCUT2D eigenvalue weighted by Crippen LogP contribution is -2.45. The molecule has 0 aliphatic rings. The molecule has 166 valence electrons. The quantitative estimate of drug-likeness (QED) is 0.481. The lowest BCUT2D eigenvalue weighted by molar-refractivity contribution is -0.384. The summed E-state index contributed by atoms with van der Waals surface area (Å²) in [7, 11) is 0. The largest absolute Gasteiger partial charge is 0.418 e. The summed E-state index contributed by atoms with van der Waals surface area (Å²) in [5.41, 5.74) is -1.32. The molecular weight excluding hydrogens is 417 g/mol. The van der Waals surface area contributed by atoms with E-state index in [1.165, 1.54) is 48.2 Å². The molecule has 0 aliphatic carbocycles. The standard InChI is InChI=1S/C20H21F3N4O4/c1-3-26(12-18(28)25-17-10-5-4-9-16(17)20(21,22)23)13(2)19(29)24-14-7-6-8-15(11-14)27(30)31/h4-11,13H,3,12H2,1-2H3,(H,24,29)(H,25,28). The number of anilines is 2.